The van der Waals surface area contributed by atoms with Crippen molar-refractivity contribution < 1.29 is 14.6 Å². The highest BCUT2D eigenvalue weighted by atomic mass is 16.5. The minimum Gasteiger partial charge on any atom is -0.477 e. The highest BCUT2D eigenvalue weighted by molar-refractivity contribution is 5.35. The molecule has 18 heavy (non-hydrogen) atoms. The van der Waals surface area contributed by atoms with E-state index in [1.54, 1.807) is 0 Å². The largest absolute Gasteiger partial charge is 0.477 e. The molecule has 0 saturated carbocycles. The third-order valence-electron chi connectivity index (χ3n) is 3.39. The summed E-state index contributed by atoms with van der Waals surface area (Å²) in [6, 6.07) is 1.97. The Labute approximate surface area is 108 Å². The van der Waals surface area contributed by atoms with Crippen LogP contribution in [-0.2, 0) is 11.3 Å². The molecule has 0 bridgehead atoms. The Bertz CT molecular complexity index is 400. The van der Waals surface area contributed by atoms with E-state index in [-0.39, 0.29) is 6.61 Å². The molecule has 0 spiro atoms. The molecule has 1 aromatic heterocycles. The van der Waals surface area contributed by atoms with Crippen LogP contribution in [0.25, 0.3) is 0 Å². The molecule has 0 amide bonds. The van der Waals surface area contributed by atoms with Crippen molar-refractivity contribution in [3.05, 3.63) is 22.9 Å². The topological polar surface area (TPSA) is 51.6 Å². The van der Waals surface area contributed by atoms with Gasteiger partial charge < -0.3 is 14.6 Å². The van der Waals surface area contributed by atoms with E-state index in [0.717, 1.165) is 42.9 Å². The van der Waals surface area contributed by atoms with Crippen molar-refractivity contribution in [3.8, 4) is 5.88 Å². The number of rotatable bonds is 4. The maximum Gasteiger partial charge on any atom is 0.219 e. The molecule has 0 atom stereocenters. The van der Waals surface area contributed by atoms with Gasteiger partial charge in [0.2, 0.25) is 5.88 Å². The zero-order chi connectivity index (χ0) is 13.0. The Kier molecular flexibility index (Phi) is 4.55. The fourth-order valence-corrected chi connectivity index (χ4v) is 2.25. The summed E-state index contributed by atoms with van der Waals surface area (Å²) in [6.45, 7) is 6.19. The standard InChI is InChI=1S/C14H21NO3/c1-10-7-11(2)15-14(13(10)8-16)18-9-12-3-5-17-6-4-12/h7,12,16H,3-6,8-9H2,1-2H3. The molecule has 1 fully saturated rings. The molecule has 2 rings (SSSR count). The number of pyridine rings is 1. The van der Waals surface area contributed by atoms with Gasteiger partial charge in [-0.1, -0.05) is 0 Å². The summed E-state index contributed by atoms with van der Waals surface area (Å²) >= 11 is 0. The van der Waals surface area contributed by atoms with Gasteiger partial charge in [0.1, 0.15) is 0 Å². The molecule has 4 nitrogen and oxygen atoms in total. The first-order chi connectivity index (χ1) is 8.70. The van der Waals surface area contributed by atoms with Crippen LogP contribution in [0.5, 0.6) is 5.88 Å². The van der Waals surface area contributed by atoms with E-state index < -0.39 is 0 Å². The summed E-state index contributed by atoms with van der Waals surface area (Å²) < 4.78 is 11.1. The molecule has 1 aliphatic rings. The van der Waals surface area contributed by atoms with Gasteiger partial charge in [0, 0.05) is 24.5 Å². The third-order valence-corrected chi connectivity index (χ3v) is 3.39. The predicted molar refractivity (Wildman–Crippen MR) is 68.7 cm³/mol. The van der Waals surface area contributed by atoms with Gasteiger partial charge in [-0.3, -0.25) is 0 Å². The summed E-state index contributed by atoms with van der Waals surface area (Å²) in [6.07, 6.45) is 2.08. The molecule has 0 aliphatic carbocycles. The van der Waals surface area contributed by atoms with E-state index in [4.69, 9.17) is 9.47 Å². The monoisotopic (exact) mass is 251 g/mol. The lowest BCUT2D eigenvalue weighted by Crippen LogP contribution is -2.22. The molecule has 100 valence electrons. The SMILES string of the molecule is Cc1cc(C)c(CO)c(OCC2CCOCC2)n1. The Morgan fingerprint density at radius 1 is 1.39 bits per heavy atom. The molecule has 1 saturated heterocycles. The Hall–Kier alpha value is -1.13. The van der Waals surface area contributed by atoms with E-state index in [9.17, 15) is 5.11 Å². The van der Waals surface area contributed by atoms with E-state index in [1.165, 1.54) is 0 Å². The minimum atomic E-state index is -0.0256. The van der Waals surface area contributed by atoms with Crippen molar-refractivity contribution in [2.45, 2.75) is 33.3 Å². The van der Waals surface area contributed by atoms with Crippen molar-refractivity contribution in [3.63, 3.8) is 0 Å². The molecule has 1 N–H and O–H groups in total. The van der Waals surface area contributed by atoms with Gasteiger partial charge in [0.15, 0.2) is 0 Å². The summed E-state index contributed by atoms with van der Waals surface area (Å²) in [5.41, 5.74) is 2.76. The third kappa shape index (κ3) is 3.21. The van der Waals surface area contributed by atoms with Crippen LogP contribution in [-0.4, -0.2) is 29.9 Å². The van der Waals surface area contributed by atoms with Gasteiger partial charge in [-0.25, -0.2) is 4.98 Å². The predicted octanol–water partition coefficient (Wildman–Crippen LogP) is 2.00. The second-order valence-corrected chi connectivity index (χ2v) is 4.89. The summed E-state index contributed by atoms with van der Waals surface area (Å²) in [5.74, 6) is 1.12. The van der Waals surface area contributed by atoms with Crippen LogP contribution < -0.4 is 4.74 Å². The molecule has 1 aliphatic heterocycles. The summed E-state index contributed by atoms with van der Waals surface area (Å²) in [7, 11) is 0. The van der Waals surface area contributed by atoms with Gasteiger partial charge in [-0.15, -0.1) is 0 Å². The molecule has 1 aromatic rings. The van der Waals surface area contributed by atoms with Crippen LogP contribution in [0, 0.1) is 19.8 Å². The van der Waals surface area contributed by atoms with Crippen LogP contribution >= 0.6 is 0 Å². The number of aryl methyl sites for hydroxylation is 2. The van der Waals surface area contributed by atoms with Crippen molar-refractivity contribution in [1.82, 2.24) is 4.98 Å². The number of aliphatic hydroxyl groups excluding tert-OH is 1. The molecule has 0 aromatic carbocycles. The highest BCUT2D eigenvalue weighted by Gasteiger charge is 2.16. The number of hydrogen-bond acceptors (Lipinski definition) is 4. The summed E-state index contributed by atoms with van der Waals surface area (Å²) in [4.78, 5) is 4.38. The van der Waals surface area contributed by atoms with Gasteiger partial charge in [0.05, 0.1) is 13.2 Å². The van der Waals surface area contributed by atoms with E-state index in [0.29, 0.717) is 18.4 Å². The second-order valence-electron chi connectivity index (χ2n) is 4.89. The zero-order valence-electron chi connectivity index (χ0n) is 11.1. The molecule has 4 heteroatoms. The normalized spacial score (nSPS) is 16.8. The first kappa shape index (κ1) is 13.3. The number of aromatic nitrogens is 1. The highest BCUT2D eigenvalue weighted by Crippen LogP contribution is 2.23. The average Bonchev–Trinajstić information content (AvgIpc) is 2.37. The summed E-state index contributed by atoms with van der Waals surface area (Å²) in [5, 5.41) is 9.39. The van der Waals surface area contributed by atoms with Crippen LogP contribution in [0.2, 0.25) is 0 Å². The second kappa shape index (κ2) is 6.16. The molecule has 0 radical (unpaired) electrons. The van der Waals surface area contributed by atoms with Crippen molar-refractivity contribution in [1.29, 1.82) is 0 Å². The van der Waals surface area contributed by atoms with E-state index >= 15 is 0 Å². The van der Waals surface area contributed by atoms with E-state index in [2.05, 4.69) is 4.98 Å². The van der Waals surface area contributed by atoms with Crippen LogP contribution in [0.15, 0.2) is 6.07 Å². The zero-order valence-corrected chi connectivity index (χ0v) is 11.1. The quantitative estimate of drug-likeness (QED) is 0.889. The minimum absolute atomic E-state index is 0.0256. The van der Waals surface area contributed by atoms with Crippen LogP contribution in [0.1, 0.15) is 29.7 Å². The number of aliphatic hydroxyl groups is 1. The lowest BCUT2D eigenvalue weighted by atomic mass is 10.0. The average molecular weight is 251 g/mol. The van der Waals surface area contributed by atoms with E-state index in [1.807, 2.05) is 19.9 Å². The maximum atomic E-state index is 9.39. The Morgan fingerprint density at radius 2 is 2.11 bits per heavy atom. The smallest absolute Gasteiger partial charge is 0.219 e. The molecular formula is C14H21NO3. The van der Waals surface area contributed by atoms with Crippen molar-refractivity contribution in [2.24, 2.45) is 5.92 Å². The lowest BCUT2D eigenvalue weighted by Gasteiger charge is -2.22. The molecule has 0 unspecified atom stereocenters. The van der Waals surface area contributed by atoms with Crippen LogP contribution in [0.3, 0.4) is 0 Å². The lowest BCUT2D eigenvalue weighted by molar-refractivity contribution is 0.0486. The first-order valence-electron chi connectivity index (χ1n) is 6.49. The Morgan fingerprint density at radius 3 is 2.78 bits per heavy atom. The number of nitrogens with zero attached hydrogens (tertiary/aromatic N) is 1. The fraction of sp³-hybridized carbons (Fsp3) is 0.643. The van der Waals surface area contributed by atoms with Gasteiger partial charge >= 0.3 is 0 Å². The van der Waals surface area contributed by atoms with Crippen LogP contribution in [0.4, 0.5) is 0 Å². The van der Waals surface area contributed by atoms with Crippen molar-refractivity contribution in [2.75, 3.05) is 19.8 Å². The molecule has 2 heterocycles. The molecular weight excluding hydrogens is 230 g/mol. The van der Waals surface area contributed by atoms with Gasteiger partial charge in [-0.05, 0) is 44.2 Å². The van der Waals surface area contributed by atoms with Crippen molar-refractivity contribution >= 4 is 0 Å². The Balaban J connectivity index is 2.03. The number of ether oxygens (including phenoxy) is 2. The fourth-order valence-electron chi connectivity index (χ4n) is 2.25. The maximum absolute atomic E-state index is 9.39. The van der Waals surface area contributed by atoms with Gasteiger partial charge in [-0.2, -0.15) is 0 Å². The number of hydrogen-bond donors (Lipinski definition) is 1. The first-order valence-corrected chi connectivity index (χ1v) is 6.49. The van der Waals surface area contributed by atoms with Gasteiger partial charge in [0.25, 0.3) is 0 Å².